The molecule has 0 aliphatic rings. The highest BCUT2D eigenvalue weighted by molar-refractivity contribution is 9.10. The molecule has 1 rings (SSSR count). The van der Waals surface area contributed by atoms with Crippen LogP contribution in [0.5, 0.6) is 11.5 Å². The molecular formula is C9H8Br2O3. The van der Waals surface area contributed by atoms with Gasteiger partial charge in [-0.15, -0.1) is 0 Å². The Hall–Kier alpha value is -0.550. The van der Waals surface area contributed by atoms with Crippen molar-refractivity contribution in [1.29, 1.82) is 0 Å². The largest absolute Gasteiger partial charge is 0.503 e. The number of hydrogen-bond donors (Lipinski definition) is 1. The second-order valence-electron chi connectivity index (χ2n) is 2.53. The van der Waals surface area contributed by atoms with Gasteiger partial charge in [0.05, 0.1) is 16.9 Å². The number of Topliss-reactive ketones (excluding diaryl/α,β-unsaturated/α-hetero) is 1. The maximum atomic E-state index is 11.4. The Labute approximate surface area is 98.3 Å². The summed E-state index contributed by atoms with van der Waals surface area (Å²) in [6.07, 6.45) is 0. The van der Waals surface area contributed by atoms with Crippen molar-refractivity contribution in [2.75, 3.05) is 12.4 Å². The summed E-state index contributed by atoms with van der Waals surface area (Å²) in [4.78, 5) is 11.4. The number of hydrogen-bond acceptors (Lipinski definition) is 3. The van der Waals surface area contributed by atoms with E-state index in [1.54, 1.807) is 12.1 Å². The number of carbonyl (C=O) groups is 1. The van der Waals surface area contributed by atoms with Gasteiger partial charge in [-0.05, 0) is 28.1 Å². The lowest BCUT2D eigenvalue weighted by atomic mass is 10.1. The van der Waals surface area contributed by atoms with Gasteiger partial charge in [0, 0.05) is 5.56 Å². The number of alkyl halides is 1. The first kappa shape index (κ1) is 11.5. The van der Waals surface area contributed by atoms with Gasteiger partial charge in [0.2, 0.25) is 0 Å². The molecule has 0 atom stereocenters. The van der Waals surface area contributed by atoms with Crippen LogP contribution in [0, 0.1) is 0 Å². The molecule has 0 bridgehead atoms. The smallest absolute Gasteiger partial charge is 0.174 e. The third kappa shape index (κ3) is 2.09. The van der Waals surface area contributed by atoms with E-state index < -0.39 is 0 Å². The summed E-state index contributed by atoms with van der Waals surface area (Å²) < 4.78 is 5.25. The summed E-state index contributed by atoms with van der Waals surface area (Å²) in [5.74, 6) is 0.178. The Kier molecular flexibility index (Phi) is 3.95. The van der Waals surface area contributed by atoms with E-state index in [1.165, 1.54) is 7.11 Å². The Morgan fingerprint density at radius 1 is 1.57 bits per heavy atom. The van der Waals surface area contributed by atoms with Crippen molar-refractivity contribution >= 4 is 37.6 Å². The van der Waals surface area contributed by atoms with Crippen LogP contribution in [0.3, 0.4) is 0 Å². The molecule has 0 aromatic heterocycles. The van der Waals surface area contributed by atoms with Gasteiger partial charge in [0.15, 0.2) is 17.3 Å². The quantitative estimate of drug-likeness (QED) is 0.687. The molecule has 0 saturated heterocycles. The third-order valence-electron chi connectivity index (χ3n) is 1.72. The molecular weight excluding hydrogens is 316 g/mol. The zero-order valence-electron chi connectivity index (χ0n) is 7.38. The van der Waals surface area contributed by atoms with Gasteiger partial charge < -0.3 is 9.84 Å². The van der Waals surface area contributed by atoms with Crippen LogP contribution in [0.1, 0.15) is 10.4 Å². The zero-order valence-corrected chi connectivity index (χ0v) is 10.6. The summed E-state index contributed by atoms with van der Waals surface area (Å²) >= 11 is 6.20. The average Bonchev–Trinajstić information content (AvgIpc) is 2.21. The normalized spacial score (nSPS) is 9.93. The average molecular weight is 324 g/mol. The summed E-state index contributed by atoms with van der Waals surface area (Å²) in [7, 11) is 1.45. The number of halogens is 2. The van der Waals surface area contributed by atoms with E-state index in [9.17, 15) is 9.90 Å². The summed E-state index contributed by atoms with van der Waals surface area (Å²) in [6.45, 7) is 0. The Balaban J connectivity index is 3.24. The van der Waals surface area contributed by atoms with Gasteiger partial charge in [0.25, 0.3) is 0 Å². The molecule has 3 nitrogen and oxygen atoms in total. The number of ketones is 1. The van der Waals surface area contributed by atoms with Gasteiger partial charge in [-0.1, -0.05) is 15.9 Å². The SMILES string of the molecule is COc1ccc(C(=O)CBr)c(Br)c1O. The van der Waals surface area contributed by atoms with Gasteiger partial charge in [0.1, 0.15) is 0 Å². The minimum Gasteiger partial charge on any atom is -0.503 e. The Morgan fingerprint density at radius 3 is 2.71 bits per heavy atom. The highest BCUT2D eigenvalue weighted by Gasteiger charge is 2.15. The first-order valence-corrected chi connectivity index (χ1v) is 5.68. The van der Waals surface area contributed by atoms with Gasteiger partial charge in [-0.25, -0.2) is 0 Å². The molecule has 0 heterocycles. The molecule has 5 heteroatoms. The van der Waals surface area contributed by atoms with Crippen LogP contribution in [0.4, 0.5) is 0 Å². The highest BCUT2D eigenvalue weighted by atomic mass is 79.9. The molecule has 0 radical (unpaired) electrons. The fourth-order valence-corrected chi connectivity index (χ4v) is 1.85. The minimum atomic E-state index is -0.102. The molecule has 0 saturated carbocycles. The molecule has 1 N–H and O–H groups in total. The second-order valence-corrected chi connectivity index (χ2v) is 3.89. The molecule has 0 amide bonds. The van der Waals surface area contributed by atoms with Crippen molar-refractivity contribution in [3.05, 3.63) is 22.2 Å². The second kappa shape index (κ2) is 4.79. The molecule has 76 valence electrons. The van der Waals surface area contributed by atoms with Crippen LogP contribution in [-0.4, -0.2) is 23.3 Å². The fraction of sp³-hybridized carbons (Fsp3) is 0.222. The van der Waals surface area contributed by atoms with E-state index in [4.69, 9.17) is 4.74 Å². The first-order chi connectivity index (χ1) is 6.61. The lowest BCUT2D eigenvalue weighted by molar-refractivity contribution is 0.102. The van der Waals surface area contributed by atoms with Crippen molar-refractivity contribution < 1.29 is 14.6 Å². The summed E-state index contributed by atoms with van der Waals surface area (Å²) in [5.41, 5.74) is 0.431. The monoisotopic (exact) mass is 322 g/mol. The Bertz CT molecular complexity index is 363. The number of phenols is 1. The van der Waals surface area contributed by atoms with Crippen molar-refractivity contribution in [2.45, 2.75) is 0 Å². The molecule has 0 spiro atoms. The van der Waals surface area contributed by atoms with Gasteiger partial charge in [-0.3, -0.25) is 4.79 Å². The zero-order chi connectivity index (χ0) is 10.7. The summed E-state index contributed by atoms with van der Waals surface area (Å²) in [5, 5.41) is 9.80. The molecule has 0 unspecified atom stereocenters. The standard InChI is InChI=1S/C9H8Br2O3/c1-14-7-3-2-5(6(12)4-10)8(11)9(7)13/h2-3,13H,4H2,1H3. The molecule has 1 aromatic rings. The number of benzene rings is 1. The van der Waals surface area contributed by atoms with Crippen LogP contribution < -0.4 is 4.74 Å². The van der Waals surface area contributed by atoms with Gasteiger partial charge >= 0.3 is 0 Å². The number of ether oxygens (including phenoxy) is 1. The van der Waals surface area contributed by atoms with E-state index in [1.807, 2.05) is 0 Å². The molecule has 14 heavy (non-hydrogen) atoms. The predicted octanol–water partition coefficient (Wildman–Crippen LogP) is 2.74. The predicted molar refractivity (Wildman–Crippen MR) is 60.5 cm³/mol. The van der Waals surface area contributed by atoms with Crippen molar-refractivity contribution in [2.24, 2.45) is 0 Å². The first-order valence-electron chi connectivity index (χ1n) is 3.76. The van der Waals surface area contributed by atoms with Crippen molar-refractivity contribution in [3.8, 4) is 11.5 Å². The Morgan fingerprint density at radius 2 is 2.21 bits per heavy atom. The number of phenolic OH excluding ortho intramolecular Hbond substituents is 1. The van der Waals surface area contributed by atoms with E-state index in [2.05, 4.69) is 31.9 Å². The topological polar surface area (TPSA) is 46.5 Å². The summed E-state index contributed by atoms with van der Waals surface area (Å²) in [6, 6.07) is 3.15. The highest BCUT2D eigenvalue weighted by Crippen LogP contribution is 2.36. The van der Waals surface area contributed by atoms with Crippen molar-refractivity contribution in [1.82, 2.24) is 0 Å². The van der Waals surface area contributed by atoms with E-state index in [-0.39, 0.29) is 16.9 Å². The van der Waals surface area contributed by atoms with Crippen LogP contribution in [0.15, 0.2) is 16.6 Å². The third-order valence-corrected chi connectivity index (χ3v) is 3.03. The maximum Gasteiger partial charge on any atom is 0.174 e. The maximum absolute atomic E-state index is 11.4. The molecule has 1 aromatic carbocycles. The van der Waals surface area contributed by atoms with Crippen LogP contribution in [0.2, 0.25) is 0 Å². The van der Waals surface area contributed by atoms with E-state index in [0.717, 1.165) is 0 Å². The van der Waals surface area contributed by atoms with Crippen molar-refractivity contribution in [3.63, 3.8) is 0 Å². The number of rotatable bonds is 3. The fourth-order valence-electron chi connectivity index (χ4n) is 0.999. The molecule has 0 aliphatic carbocycles. The van der Waals surface area contributed by atoms with E-state index >= 15 is 0 Å². The molecule has 0 aliphatic heterocycles. The number of carbonyl (C=O) groups excluding carboxylic acids is 1. The number of methoxy groups -OCH3 is 1. The van der Waals surface area contributed by atoms with E-state index in [0.29, 0.717) is 15.8 Å². The lowest BCUT2D eigenvalue weighted by Crippen LogP contribution is -2.01. The van der Waals surface area contributed by atoms with Gasteiger partial charge in [-0.2, -0.15) is 0 Å². The van der Waals surface area contributed by atoms with Crippen LogP contribution in [-0.2, 0) is 0 Å². The van der Waals surface area contributed by atoms with Crippen LogP contribution >= 0.6 is 31.9 Å². The lowest BCUT2D eigenvalue weighted by Gasteiger charge is -2.07. The van der Waals surface area contributed by atoms with Crippen LogP contribution in [0.25, 0.3) is 0 Å². The minimum absolute atomic E-state index is 0.0562. The number of aromatic hydroxyl groups is 1. The molecule has 0 fully saturated rings.